The van der Waals surface area contributed by atoms with Crippen molar-refractivity contribution >= 4 is 23.7 Å². The van der Waals surface area contributed by atoms with Gasteiger partial charge in [0.15, 0.2) is 0 Å². The molecule has 148 valence electrons. The molecular formula is C20H33NO4S. The summed E-state index contributed by atoms with van der Waals surface area (Å²) in [5.41, 5.74) is -0.0325. The Hall–Kier alpha value is -1.43. The number of likely N-dealkylation sites (tertiary alicyclic amines) is 1. The first-order valence-corrected chi connectivity index (χ1v) is 11.0. The van der Waals surface area contributed by atoms with E-state index in [1.54, 1.807) is 17.8 Å². The van der Waals surface area contributed by atoms with Gasteiger partial charge in [-0.15, -0.1) is 0 Å². The monoisotopic (exact) mass is 383 g/mol. The molecule has 0 aromatic carbocycles. The summed E-state index contributed by atoms with van der Waals surface area (Å²) in [4.78, 5) is 26.7. The first kappa shape index (κ1) is 22.6. The average Bonchev–Trinajstić information content (AvgIpc) is 2.66. The third kappa shape index (κ3) is 9.90. The second kappa shape index (κ2) is 14.7. The van der Waals surface area contributed by atoms with E-state index in [1.807, 2.05) is 12.5 Å². The van der Waals surface area contributed by atoms with Gasteiger partial charge in [0.25, 0.3) is 0 Å². The molecule has 0 aliphatic carbocycles. The Kier molecular flexibility index (Phi) is 12.8. The number of piperidine rings is 1. The van der Waals surface area contributed by atoms with Crippen LogP contribution >= 0.6 is 11.8 Å². The zero-order valence-electron chi connectivity index (χ0n) is 16.2. The second-order valence-electron chi connectivity index (χ2n) is 6.34. The molecule has 0 aromatic rings. The normalized spacial score (nSPS) is 15.3. The highest BCUT2D eigenvalue weighted by Crippen LogP contribution is 2.10. The van der Waals surface area contributed by atoms with Gasteiger partial charge in [-0.1, -0.05) is 26.2 Å². The Balaban J connectivity index is 2.60. The van der Waals surface area contributed by atoms with Gasteiger partial charge in [0.1, 0.15) is 12.2 Å². The van der Waals surface area contributed by atoms with E-state index >= 15 is 0 Å². The number of unbranched alkanes of at least 4 members (excludes halogenated alkanes) is 3. The maximum absolute atomic E-state index is 12.3. The van der Waals surface area contributed by atoms with Gasteiger partial charge in [-0.05, 0) is 50.3 Å². The zero-order chi connectivity index (χ0) is 19.0. The van der Waals surface area contributed by atoms with Gasteiger partial charge >= 0.3 is 11.9 Å². The number of nitrogens with zero attached hydrogens (tertiary/aromatic N) is 1. The minimum Gasteiger partial charge on any atom is -0.462 e. The number of allylic oxidation sites excluding steroid dienone is 2. The smallest absolute Gasteiger partial charge is 0.345 e. The molecule has 1 rings (SSSR count). The molecule has 1 aliphatic heterocycles. The molecule has 0 spiro atoms. The number of ether oxygens (including phenoxy) is 2. The van der Waals surface area contributed by atoms with Crippen LogP contribution in [-0.4, -0.2) is 55.2 Å². The highest BCUT2D eigenvalue weighted by molar-refractivity contribution is 7.98. The molecular weight excluding hydrogens is 350 g/mol. The first-order chi connectivity index (χ1) is 12.7. The van der Waals surface area contributed by atoms with Crippen molar-refractivity contribution in [3.63, 3.8) is 0 Å². The highest BCUT2D eigenvalue weighted by Gasteiger charge is 2.20. The molecule has 1 saturated heterocycles. The van der Waals surface area contributed by atoms with Gasteiger partial charge < -0.3 is 14.4 Å². The molecule has 0 aromatic heterocycles. The number of carbonyl (C=O) groups is 2. The van der Waals surface area contributed by atoms with Crippen molar-refractivity contribution in [1.29, 1.82) is 0 Å². The predicted octanol–water partition coefficient (Wildman–Crippen LogP) is 3.94. The summed E-state index contributed by atoms with van der Waals surface area (Å²) >= 11 is 1.59. The van der Waals surface area contributed by atoms with E-state index in [-0.39, 0.29) is 12.2 Å². The molecule has 0 unspecified atom stereocenters. The molecule has 26 heavy (non-hydrogen) atoms. The van der Waals surface area contributed by atoms with Crippen LogP contribution in [0.25, 0.3) is 0 Å². The fourth-order valence-electron chi connectivity index (χ4n) is 2.61. The molecule has 6 heteroatoms. The fraction of sp³-hybridized carbons (Fsp3) is 0.700. The van der Waals surface area contributed by atoms with Gasteiger partial charge in [0, 0.05) is 18.8 Å². The highest BCUT2D eigenvalue weighted by atomic mass is 32.2. The van der Waals surface area contributed by atoms with Gasteiger partial charge in [-0.3, -0.25) is 0 Å². The lowest BCUT2D eigenvalue weighted by atomic mass is 10.1. The maximum Gasteiger partial charge on any atom is 0.345 e. The first-order valence-electron chi connectivity index (χ1n) is 9.64. The molecule has 0 atom stereocenters. The Labute approximate surface area is 162 Å². The van der Waals surface area contributed by atoms with Crippen molar-refractivity contribution in [2.45, 2.75) is 51.9 Å². The van der Waals surface area contributed by atoms with Crippen LogP contribution in [-0.2, 0) is 19.1 Å². The van der Waals surface area contributed by atoms with E-state index < -0.39 is 11.9 Å². The average molecular weight is 384 g/mol. The van der Waals surface area contributed by atoms with Crippen LogP contribution in [0.5, 0.6) is 0 Å². The fourth-order valence-corrected chi connectivity index (χ4v) is 2.86. The Morgan fingerprint density at radius 1 is 1.00 bits per heavy atom. The molecule has 1 fully saturated rings. The van der Waals surface area contributed by atoms with Crippen LogP contribution in [0.3, 0.4) is 0 Å². The van der Waals surface area contributed by atoms with Gasteiger partial charge in [-0.2, -0.15) is 11.8 Å². The topological polar surface area (TPSA) is 55.8 Å². The summed E-state index contributed by atoms with van der Waals surface area (Å²) in [5.74, 6) is -0.505. The van der Waals surface area contributed by atoms with Crippen molar-refractivity contribution in [3.05, 3.63) is 23.9 Å². The van der Waals surface area contributed by atoms with E-state index in [1.165, 1.54) is 25.3 Å². The van der Waals surface area contributed by atoms with Crippen LogP contribution in [0.15, 0.2) is 23.9 Å². The molecule has 0 radical (unpaired) electrons. The summed E-state index contributed by atoms with van der Waals surface area (Å²) in [5, 5.41) is 0. The zero-order valence-corrected chi connectivity index (χ0v) is 17.0. The van der Waals surface area contributed by atoms with E-state index in [9.17, 15) is 9.59 Å². The van der Waals surface area contributed by atoms with Gasteiger partial charge in [-0.25, -0.2) is 9.59 Å². The number of rotatable bonds is 12. The number of carbonyl (C=O) groups excluding carboxylic acids is 2. The Morgan fingerprint density at radius 3 is 2.35 bits per heavy atom. The van der Waals surface area contributed by atoms with E-state index in [2.05, 4.69) is 11.8 Å². The third-order valence-electron chi connectivity index (χ3n) is 4.14. The molecule has 0 amide bonds. The summed E-state index contributed by atoms with van der Waals surface area (Å²) in [7, 11) is 0. The summed E-state index contributed by atoms with van der Waals surface area (Å²) in [6, 6.07) is 0. The second-order valence-corrected chi connectivity index (χ2v) is 7.33. The van der Waals surface area contributed by atoms with Crippen LogP contribution < -0.4 is 0 Å². The SMILES string of the molecule is CCCCCCOC(=O)/C(=C/C=C/N1CCCCC1)C(=O)OCCSC. The summed E-state index contributed by atoms with van der Waals surface area (Å²) in [6.45, 7) is 4.78. The van der Waals surface area contributed by atoms with Crippen molar-refractivity contribution in [2.75, 3.05) is 38.3 Å². The predicted molar refractivity (Wildman–Crippen MR) is 107 cm³/mol. The standard InChI is InChI=1S/C20H33NO4S/c1-3-4-5-9-15-24-19(22)18(20(23)25-16-17-26-2)11-10-14-21-12-7-6-8-13-21/h10-11,14H,3-9,12-13,15-17H2,1-2H3/b14-10+,18-11-. The molecule has 1 aliphatic rings. The van der Waals surface area contributed by atoms with Crippen molar-refractivity contribution in [2.24, 2.45) is 0 Å². The van der Waals surface area contributed by atoms with E-state index in [4.69, 9.17) is 9.47 Å². The molecule has 0 N–H and O–H groups in total. The lowest BCUT2D eigenvalue weighted by molar-refractivity contribution is -0.146. The van der Waals surface area contributed by atoms with Crippen LogP contribution in [0.1, 0.15) is 51.9 Å². The lowest BCUT2D eigenvalue weighted by Crippen LogP contribution is -2.24. The van der Waals surface area contributed by atoms with Crippen LogP contribution in [0, 0.1) is 0 Å². The Bertz CT molecular complexity index is 470. The molecule has 5 nitrogen and oxygen atoms in total. The summed E-state index contributed by atoms with van der Waals surface area (Å²) in [6.07, 6.45) is 14.8. The minimum absolute atomic E-state index is 0.0325. The number of hydrogen-bond donors (Lipinski definition) is 0. The van der Waals surface area contributed by atoms with E-state index in [0.29, 0.717) is 12.4 Å². The number of thioether (sulfide) groups is 1. The third-order valence-corrected chi connectivity index (χ3v) is 4.72. The largest absolute Gasteiger partial charge is 0.462 e. The lowest BCUT2D eigenvalue weighted by Gasteiger charge is -2.24. The van der Waals surface area contributed by atoms with Crippen LogP contribution in [0.2, 0.25) is 0 Å². The Morgan fingerprint density at radius 2 is 1.69 bits per heavy atom. The minimum atomic E-state index is -0.610. The van der Waals surface area contributed by atoms with Gasteiger partial charge in [0.2, 0.25) is 0 Å². The quantitative estimate of drug-likeness (QED) is 0.127. The summed E-state index contributed by atoms with van der Waals surface area (Å²) < 4.78 is 10.4. The molecule has 0 bridgehead atoms. The maximum atomic E-state index is 12.3. The van der Waals surface area contributed by atoms with E-state index in [0.717, 1.165) is 38.8 Å². The molecule has 0 saturated carbocycles. The van der Waals surface area contributed by atoms with Crippen molar-refractivity contribution in [1.82, 2.24) is 4.90 Å². The molecule has 1 heterocycles. The van der Waals surface area contributed by atoms with Crippen molar-refractivity contribution in [3.8, 4) is 0 Å². The van der Waals surface area contributed by atoms with Crippen LogP contribution in [0.4, 0.5) is 0 Å². The number of hydrogen-bond acceptors (Lipinski definition) is 6. The number of esters is 2. The van der Waals surface area contributed by atoms with Gasteiger partial charge in [0.05, 0.1) is 6.61 Å². The van der Waals surface area contributed by atoms with Crippen molar-refractivity contribution < 1.29 is 19.1 Å².